The SMILES string of the molecule is CC(C)S(=O)(=O)C1=NSC2=NC(=O)/C(=C\c3ccc(F)cc3)C(=N)N21. The predicted octanol–water partition coefficient (Wildman–Crippen LogP) is 2.23. The Morgan fingerprint density at radius 2 is 1.92 bits per heavy atom. The fraction of sp³-hybridized carbons (Fsp3) is 0.200. The molecule has 0 unspecified atom stereocenters. The average molecular weight is 380 g/mol. The van der Waals surface area contributed by atoms with Gasteiger partial charge in [0.25, 0.3) is 5.91 Å². The van der Waals surface area contributed by atoms with E-state index in [0.29, 0.717) is 5.56 Å². The van der Waals surface area contributed by atoms with Gasteiger partial charge in [-0.15, -0.1) is 0 Å². The van der Waals surface area contributed by atoms with Crippen LogP contribution in [0.15, 0.2) is 39.2 Å². The summed E-state index contributed by atoms with van der Waals surface area (Å²) in [5.41, 5.74) is 0.398. The van der Waals surface area contributed by atoms with E-state index in [0.717, 1.165) is 16.8 Å². The van der Waals surface area contributed by atoms with Crippen molar-refractivity contribution < 1.29 is 17.6 Å². The van der Waals surface area contributed by atoms with Crippen molar-refractivity contribution in [3.8, 4) is 0 Å². The molecule has 130 valence electrons. The third-order valence-corrected chi connectivity index (χ3v) is 6.39. The summed E-state index contributed by atoms with van der Waals surface area (Å²) in [7, 11) is -3.75. The van der Waals surface area contributed by atoms with Crippen LogP contribution in [0.1, 0.15) is 19.4 Å². The molecule has 1 N–H and O–H groups in total. The average Bonchev–Trinajstić information content (AvgIpc) is 2.97. The van der Waals surface area contributed by atoms with Crippen molar-refractivity contribution in [1.29, 1.82) is 5.41 Å². The Bertz CT molecular complexity index is 963. The van der Waals surface area contributed by atoms with E-state index in [1.54, 1.807) is 0 Å². The van der Waals surface area contributed by atoms with E-state index in [-0.39, 0.29) is 21.7 Å². The van der Waals surface area contributed by atoms with Gasteiger partial charge in [-0.05, 0) is 37.6 Å². The molecule has 2 aliphatic heterocycles. The van der Waals surface area contributed by atoms with Crippen LogP contribution in [0.4, 0.5) is 4.39 Å². The van der Waals surface area contributed by atoms with E-state index in [4.69, 9.17) is 5.41 Å². The van der Waals surface area contributed by atoms with E-state index in [9.17, 15) is 17.6 Å². The minimum absolute atomic E-state index is 0.0329. The molecule has 0 bridgehead atoms. The van der Waals surface area contributed by atoms with Crippen LogP contribution < -0.4 is 0 Å². The van der Waals surface area contributed by atoms with Gasteiger partial charge in [-0.25, -0.2) is 17.7 Å². The predicted molar refractivity (Wildman–Crippen MR) is 95.5 cm³/mol. The second-order valence-corrected chi connectivity index (χ2v) is 8.68. The number of fused-ring (bicyclic) bond motifs is 1. The first-order valence-electron chi connectivity index (χ1n) is 7.20. The van der Waals surface area contributed by atoms with Gasteiger partial charge in [0, 0.05) is 0 Å². The Balaban J connectivity index is 2.04. The highest BCUT2D eigenvalue weighted by Crippen LogP contribution is 2.30. The van der Waals surface area contributed by atoms with E-state index >= 15 is 0 Å². The van der Waals surface area contributed by atoms with Gasteiger partial charge in [0.1, 0.15) is 11.7 Å². The number of nitrogens with one attached hydrogen (secondary N) is 1. The lowest BCUT2D eigenvalue weighted by atomic mass is 10.1. The maximum absolute atomic E-state index is 13.0. The van der Waals surface area contributed by atoms with Crippen molar-refractivity contribution in [1.82, 2.24) is 4.90 Å². The Morgan fingerprint density at radius 3 is 2.52 bits per heavy atom. The molecule has 7 nitrogen and oxygen atoms in total. The number of carbonyl (C=O) groups is 1. The van der Waals surface area contributed by atoms with Crippen LogP contribution in [0.3, 0.4) is 0 Å². The number of amidine groups is 3. The lowest BCUT2D eigenvalue weighted by Crippen LogP contribution is -2.46. The molecule has 2 aliphatic rings. The highest BCUT2D eigenvalue weighted by Gasteiger charge is 2.43. The normalized spacial score (nSPS) is 19.4. The molecule has 25 heavy (non-hydrogen) atoms. The minimum atomic E-state index is -3.75. The minimum Gasteiger partial charge on any atom is -0.283 e. The molecule has 0 radical (unpaired) electrons. The maximum Gasteiger partial charge on any atom is 0.283 e. The van der Waals surface area contributed by atoms with Gasteiger partial charge in [-0.3, -0.25) is 10.2 Å². The van der Waals surface area contributed by atoms with E-state index in [1.165, 1.54) is 44.2 Å². The summed E-state index contributed by atoms with van der Waals surface area (Å²) in [5.74, 6) is -1.43. The van der Waals surface area contributed by atoms with Crippen molar-refractivity contribution in [2.24, 2.45) is 9.39 Å². The lowest BCUT2D eigenvalue weighted by Gasteiger charge is -2.25. The first-order chi connectivity index (χ1) is 11.7. The summed E-state index contributed by atoms with van der Waals surface area (Å²) in [6.07, 6.45) is 1.37. The summed E-state index contributed by atoms with van der Waals surface area (Å²) in [6.45, 7) is 3.01. The molecule has 10 heteroatoms. The molecule has 0 atom stereocenters. The summed E-state index contributed by atoms with van der Waals surface area (Å²) in [4.78, 5) is 17.1. The summed E-state index contributed by atoms with van der Waals surface area (Å²) < 4.78 is 41.8. The molecule has 0 spiro atoms. The molecule has 1 aromatic rings. The standard InChI is InChI=1S/C15H13FN4O3S2/c1-8(2)25(22,23)15-19-24-14-18-13(21)11(12(17)20(14)15)7-9-3-5-10(16)6-4-9/h3-8,17H,1-2H3/b11-7-,17-12?. The quantitative estimate of drug-likeness (QED) is 0.626. The van der Waals surface area contributed by atoms with Gasteiger partial charge < -0.3 is 0 Å². The fourth-order valence-electron chi connectivity index (χ4n) is 2.12. The van der Waals surface area contributed by atoms with Crippen LogP contribution in [0.5, 0.6) is 0 Å². The van der Waals surface area contributed by atoms with E-state index < -0.39 is 26.8 Å². The highest BCUT2D eigenvalue weighted by atomic mass is 32.2. The largest absolute Gasteiger partial charge is 0.283 e. The molecule has 1 amide bonds. The molecule has 0 saturated carbocycles. The molecular formula is C15H13FN4O3S2. The van der Waals surface area contributed by atoms with Crippen LogP contribution in [0.25, 0.3) is 6.08 Å². The van der Waals surface area contributed by atoms with Crippen LogP contribution in [-0.2, 0) is 14.6 Å². The summed E-state index contributed by atoms with van der Waals surface area (Å²) >= 11 is 0.743. The number of halogens is 1. The van der Waals surface area contributed by atoms with Gasteiger partial charge in [-0.1, -0.05) is 12.1 Å². The molecule has 0 fully saturated rings. The Hall–Kier alpha value is -2.33. The molecule has 0 saturated heterocycles. The molecule has 0 aliphatic carbocycles. The van der Waals surface area contributed by atoms with Crippen molar-refractivity contribution in [3.63, 3.8) is 0 Å². The van der Waals surface area contributed by atoms with Crippen LogP contribution in [-0.4, -0.2) is 40.6 Å². The first kappa shape index (κ1) is 17.5. The Morgan fingerprint density at radius 1 is 1.28 bits per heavy atom. The zero-order valence-electron chi connectivity index (χ0n) is 13.2. The van der Waals surface area contributed by atoms with E-state index in [1.807, 2.05) is 0 Å². The lowest BCUT2D eigenvalue weighted by molar-refractivity contribution is -0.114. The Kier molecular flexibility index (Phi) is 4.33. The molecular weight excluding hydrogens is 367 g/mol. The summed E-state index contributed by atoms with van der Waals surface area (Å²) in [6, 6.07) is 5.33. The number of benzene rings is 1. The number of aliphatic imine (C=N–C) groups is 1. The van der Waals surface area contributed by atoms with Gasteiger partial charge >= 0.3 is 0 Å². The van der Waals surface area contributed by atoms with Crippen molar-refractivity contribution in [2.75, 3.05) is 0 Å². The third kappa shape index (κ3) is 3.02. The number of rotatable bonds is 2. The van der Waals surface area contributed by atoms with Crippen molar-refractivity contribution in [3.05, 3.63) is 41.2 Å². The molecule has 2 heterocycles. The monoisotopic (exact) mass is 380 g/mol. The van der Waals surface area contributed by atoms with Gasteiger partial charge in [0.15, 0.2) is 0 Å². The van der Waals surface area contributed by atoms with Crippen LogP contribution >= 0.6 is 11.9 Å². The third-order valence-electron chi connectivity index (χ3n) is 3.55. The number of amides is 1. The molecule has 1 aromatic carbocycles. The number of carbonyl (C=O) groups excluding carboxylic acids is 1. The van der Waals surface area contributed by atoms with Crippen LogP contribution in [0, 0.1) is 11.2 Å². The highest BCUT2D eigenvalue weighted by molar-refractivity contribution is 8.16. The van der Waals surface area contributed by atoms with Gasteiger partial charge in [-0.2, -0.15) is 9.39 Å². The van der Waals surface area contributed by atoms with Gasteiger partial charge in [0.05, 0.1) is 22.8 Å². The van der Waals surface area contributed by atoms with Crippen molar-refractivity contribution >= 4 is 49.9 Å². The van der Waals surface area contributed by atoms with Gasteiger partial charge in [0.2, 0.25) is 20.2 Å². The number of nitrogens with zero attached hydrogens (tertiary/aromatic N) is 3. The van der Waals surface area contributed by atoms with Crippen LogP contribution in [0.2, 0.25) is 0 Å². The second kappa shape index (κ2) is 6.19. The fourth-order valence-corrected chi connectivity index (χ4v) is 4.18. The topological polar surface area (TPSA) is 103 Å². The molecule has 0 aromatic heterocycles. The number of hydrogen-bond donors (Lipinski definition) is 1. The van der Waals surface area contributed by atoms with Crippen molar-refractivity contribution in [2.45, 2.75) is 19.1 Å². The first-order valence-corrected chi connectivity index (χ1v) is 9.52. The Labute approximate surface area is 147 Å². The zero-order valence-corrected chi connectivity index (χ0v) is 14.9. The molecule has 3 rings (SSSR count). The number of hydrogen-bond acceptors (Lipinski definition) is 6. The number of sulfone groups is 1. The van der Waals surface area contributed by atoms with E-state index in [2.05, 4.69) is 9.39 Å². The zero-order chi connectivity index (χ0) is 18.4. The second-order valence-electron chi connectivity index (χ2n) is 5.55. The smallest absolute Gasteiger partial charge is 0.283 e. The summed E-state index contributed by atoms with van der Waals surface area (Å²) in [5, 5.41) is 7.26. The maximum atomic E-state index is 13.0.